The summed E-state index contributed by atoms with van der Waals surface area (Å²) in [5.74, 6) is -0.922. The summed E-state index contributed by atoms with van der Waals surface area (Å²) in [6, 6.07) is 8.59. The van der Waals surface area contributed by atoms with Crippen molar-refractivity contribution in [2.45, 2.75) is 27.2 Å². The maximum absolute atomic E-state index is 13.0. The minimum atomic E-state index is -0.672. The summed E-state index contributed by atoms with van der Waals surface area (Å²) in [4.78, 5) is 38.5. The first-order valence-corrected chi connectivity index (χ1v) is 8.73. The van der Waals surface area contributed by atoms with Crippen molar-refractivity contribution >= 4 is 22.8 Å². The van der Waals surface area contributed by atoms with Crippen LogP contribution in [0.15, 0.2) is 39.5 Å². The lowest BCUT2D eigenvalue weighted by Crippen LogP contribution is -2.40. The number of amides is 1. The minimum Gasteiger partial charge on any atom is -0.469 e. The van der Waals surface area contributed by atoms with Gasteiger partial charge >= 0.3 is 11.6 Å². The van der Waals surface area contributed by atoms with E-state index in [0.717, 1.165) is 6.42 Å². The third-order valence-electron chi connectivity index (χ3n) is 4.23. The average molecular weight is 359 g/mol. The van der Waals surface area contributed by atoms with E-state index in [2.05, 4.69) is 13.8 Å². The topological polar surface area (TPSA) is 76.8 Å². The van der Waals surface area contributed by atoms with Gasteiger partial charge in [-0.15, -0.1) is 0 Å². The highest BCUT2D eigenvalue weighted by atomic mass is 16.5. The van der Waals surface area contributed by atoms with Gasteiger partial charge in [-0.05, 0) is 24.5 Å². The largest absolute Gasteiger partial charge is 0.469 e. The molecule has 1 aromatic carbocycles. The van der Waals surface area contributed by atoms with Gasteiger partial charge in [0.25, 0.3) is 5.91 Å². The number of carbonyl (C=O) groups is 2. The number of nitrogens with zero attached hydrogens (tertiary/aromatic N) is 1. The fourth-order valence-corrected chi connectivity index (χ4v) is 2.68. The zero-order chi connectivity index (χ0) is 19.3. The van der Waals surface area contributed by atoms with Crippen molar-refractivity contribution in [3.05, 3.63) is 46.3 Å². The second kappa shape index (κ2) is 8.65. The van der Waals surface area contributed by atoms with Crippen LogP contribution in [0.25, 0.3) is 11.0 Å². The van der Waals surface area contributed by atoms with Gasteiger partial charge in [-0.3, -0.25) is 9.59 Å². The standard InChI is InChI=1S/C20H25NO5/c1-13(2)9-10-21(12-14(3)19(23)25-4)18(22)16-11-15-7-5-6-8-17(15)26-20(16)24/h5-8,11,13-14H,9-10,12H2,1-4H3. The van der Waals surface area contributed by atoms with Crippen molar-refractivity contribution in [3.63, 3.8) is 0 Å². The molecule has 1 heterocycles. The fraction of sp³-hybridized carbons (Fsp3) is 0.450. The van der Waals surface area contributed by atoms with Gasteiger partial charge < -0.3 is 14.1 Å². The van der Waals surface area contributed by atoms with Crippen molar-refractivity contribution in [1.82, 2.24) is 4.90 Å². The van der Waals surface area contributed by atoms with Crippen LogP contribution in [0.1, 0.15) is 37.6 Å². The van der Waals surface area contributed by atoms with Crippen molar-refractivity contribution < 1.29 is 18.7 Å². The summed E-state index contributed by atoms with van der Waals surface area (Å²) >= 11 is 0. The number of benzene rings is 1. The van der Waals surface area contributed by atoms with E-state index in [0.29, 0.717) is 23.4 Å². The Morgan fingerprint density at radius 2 is 1.88 bits per heavy atom. The van der Waals surface area contributed by atoms with E-state index < -0.39 is 23.4 Å². The highest BCUT2D eigenvalue weighted by molar-refractivity contribution is 5.96. The first-order valence-electron chi connectivity index (χ1n) is 8.73. The Labute approximate surface area is 152 Å². The number of rotatable bonds is 7. The van der Waals surface area contributed by atoms with Gasteiger partial charge in [-0.25, -0.2) is 4.79 Å². The SMILES string of the molecule is COC(=O)C(C)CN(CCC(C)C)C(=O)c1cc2ccccc2oc1=O. The van der Waals surface area contributed by atoms with Crippen LogP contribution in [0.3, 0.4) is 0 Å². The minimum absolute atomic E-state index is 0.0236. The van der Waals surface area contributed by atoms with Gasteiger partial charge in [0, 0.05) is 18.5 Å². The molecule has 2 aromatic rings. The quantitative estimate of drug-likeness (QED) is 0.561. The Morgan fingerprint density at radius 1 is 1.19 bits per heavy atom. The summed E-state index contributed by atoms with van der Waals surface area (Å²) in [6.07, 6.45) is 0.762. The number of hydrogen-bond acceptors (Lipinski definition) is 5. The first-order chi connectivity index (χ1) is 12.3. The van der Waals surface area contributed by atoms with Crippen LogP contribution in [0.5, 0.6) is 0 Å². The number of ether oxygens (including phenoxy) is 1. The molecule has 0 aliphatic heterocycles. The highest BCUT2D eigenvalue weighted by Crippen LogP contribution is 2.15. The van der Waals surface area contributed by atoms with Crippen molar-refractivity contribution in [2.24, 2.45) is 11.8 Å². The van der Waals surface area contributed by atoms with Crippen LogP contribution in [0, 0.1) is 11.8 Å². The summed E-state index contributed by atoms with van der Waals surface area (Å²) in [6.45, 7) is 6.44. The molecule has 0 saturated carbocycles. The van der Waals surface area contributed by atoms with Gasteiger partial charge in [0.15, 0.2) is 0 Å². The van der Waals surface area contributed by atoms with Crippen LogP contribution in [-0.2, 0) is 9.53 Å². The van der Waals surface area contributed by atoms with Gasteiger partial charge in [-0.2, -0.15) is 0 Å². The Balaban J connectivity index is 2.33. The van der Waals surface area contributed by atoms with Crippen LogP contribution in [0.2, 0.25) is 0 Å². The van der Waals surface area contributed by atoms with Crippen LogP contribution >= 0.6 is 0 Å². The number of fused-ring (bicyclic) bond motifs is 1. The predicted molar refractivity (Wildman–Crippen MR) is 99.0 cm³/mol. The zero-order valence-electron chi connectivity index (χ0n) is 15.7. The lowest BCUT2D eigenvalue weighted by atomic mass is 10.1. The smallest absolute Gasteiger partial charge is 0.349 e. The molecule has 1 unspecified atom stereocenters. The Morgan fingerprint density at radius 3 is 2.54 bits per heavy atom. The van der Waals surface area contributed by atoms with E-state index in [1.807, 2.05) is 6.07 Å². The molecule has 0 bridgehead atoms. The molecule has 26 heavy (non-hydrogen) atoms. The van der Waals surface area contributed by atoms with E-state index in [4.69, 9.17) is 9.15 Å². The lowest BCUT2D eigenvalue weighted by molar-refractivity contribution is -0.145. The summed E-state index contributed by atoms with van der Waals surface area (Å²) in [5, 5.41) is 0.681. The third kappa shape index (κ3) is 4.71. The van der Waals surface area contributed by atoms with Crippen molar-refractivity contribution in [1.29, 1.82) is 0 Å². The summed E-state index contributed by atoms with van der Waals surface area (Å²) < 4.78 is 10.0. The molecule has 1 atom stereocenters. The molecule has 0 fully saturated rings. The Kier molecular flexibility index (Phi) is 6.55. The van der Waals surface area contributed by atoms with Crippen molar-refractivity contribution in [2.75, 3.05) is 20.2 Å². The summed E-state index contributed by atoms with van der Waals surface area (Å²) in [7, 11) is 1.32. The molecule has 0 N–H and O–H groups in total. The molecule has 2 rings (SSSR count). The van der Waals surface area contributed by atoms with Gasteiger partial charge in [0.05, 0.1) is 13.0 Å². The molecule has 0 radical (unpaired) electrons. The average Bonchev–Trinajstić information content (AvgIpc) is 2.62. The molecule has 140 valence electrons. The molecule has 0 aliphatic rings. The van der Waals surface area contributed by atoms with E-state index >= 15 is 0 Å². The van der Waals surface area contributed by atoms with Crippen LogP contribution < -0.4 is 5.63 Å². The fourth-order valence-electron chi connectivity index (χ4n) is 2.68. The molecular weight excluding hydrogens is 334 g/mol. The maximum Gasteiger partial charge on any atom is 0.349 e. The van der Waals surface area contributed by atoms with E-state index in [1.54, 1.807) is 31.2 Å². The molecule has 1 aromatic heterocycles. The zero-order valence-corrected chi connectivity index (χ0v) is 15.7. The van der Waals surface area contributed by atoms with E-state index in [1.165, 1.54) is 12.0 Å². The highest BCUT2D eigenvalue weighted by Gasteiger charge is 2.25. The Hall–Kier alpha value is -2.63. The first kappa shape index (κ1) is 19.7. The van der Waals surface area contributed by atoms with Crippen LogP contribution in [0.4, 0.5) is 0 Å². The number of methoxy groups -OCH3 is 1. The second-order valence-electron chi connectivity index (χ2n) is 6.84. The molecule has 6 heteroatoms. The molecule has 0 saturated heterocycles. The summed E-state index contributed by atoms with van der Waals surface area (Å²) in [5.41, 5.74) is -0.260. The number of hydrogen-bond donors (Lipinski definition) is 0. The van der Waals surface area contributed by atoms with E-state index in [9.17, 15) is 14.4 Å². The van der Waals surface area contributed by atoms with Crippen LogP contribution in [-0.4, -0.2) is 37.0 Å². The van der Waals surface area contributed by atoms with Gasteiger partial charge in [0.2, 0.25) is 0 Å². The lowest BCUT2D eigenvalue weighted by Gasteiger charge is -2.25. The molecule has 1 amide bonds. The monoisotopic (exact) mass is 359 g/mol. The van der Waals surface area contributed by atoms with E-state index in [-0.39, 0.29) is 12.1 Å². The van der Waals surface area contributed by atoms with Gasteiger partial charge in [-0.1, -0.05) is 39.0 Å². The normalized spacial score (nSPS) is 12.2. The third-order valence-corrected chi connectivity index (χ3v) is 4.23. The predicted octanol–water partition coefficient (Wildman–Crippen LogP) is 3.09. The molecule has 6 nitrogen and oxygen atoms in total. The molecule has 0 spiro atoms. The number of esters is 1. The second-order valence-corrected chi connectivity index (χ2v) is 6.84. The van der Waals surface area contributed by atoms with Gasteiger partial charge in [0.1, 0.15) is 11.1 Å². The Bertz CT molecular complexity index is 839. The number of para-hydroxylation sites is 1. The maximum atomic E-state index is 13.0. The van der Waals surface area contributed by atoms with Crippen molar-refractivity contribution in [3.8, 4) is 0 Å². The molecular formula is C20H25NO5. The molecule has 0 aliphatic carbocycles. The number of carbonyl (C=O) groups excluding carboxylic acids is 2.